The third-order valence-corrected chi connectivity index (χ3v) is 2.62. The number of carbonyl (C=O) groups excluding carboxylic acids is 1. The SMILES string of the molecule is O=C(O)COc1cccc(NC(=O)C2CNC2)c1. The number of carboxylic acid groups (broad SMARTS) is 1. The molecule has 1 fully saturated rings. The van der Waals surface area contributed by atoms with Gasteiger partial charge in [0, 0.05) is 24.8 Å². The first-order chi connectivity index (χ1) is 8.65. The highest BCUT2D eigenvalue weighted by molar-refractivity contribution is 5.93. The standard InChI is InChI=1S/C12H14N2O4/c15-11(16)7-18-10-3-1-2-9(4-10)14-12(17)8-5-13-6-8/h1-4,8,13H,5-7H2,(H,14,17)(H,15,16). The Labute approximate surface area is 104 Å². The Morgan fingerprint density at radius 3 is 2.83 bits per heavy atom. The zero-order valence-corrected chi connectivity index (χ0v) is 9.68. The molecule has 0 unspecified atom stereocenters. The monoisotopic (exact) mass is 250 g/mol. The van der Waals surface area contributed by atoms with Crippen LogP contribution in [0.4, 0.5) is 5.69 Å². The lowest BCUT2D eigenvalue weighted by Crippen LogP contribution is -2.48. The first-order valence-electron chi connectivity index (χ1n) is 5.61. The number of nitrogens with one attached hydrogen (secondary N) is 2. The first-order valence-corrected chi connectivity index (χ1v) is 5.61. The summed E-state index contributed by atoms with van der Waals surface area (Å²) in [6, 6.07) is 6.68. The molecular formula is C12H14N2O4. The van der Waals surface area contributed by atoms with E-state index in [0.717, 1.165) is 0 Å². The van der Waals surface area contributed by atoms with Crippen molar-refractivity contribution in [3.63, 3.8) is 0 Å². The third-order valence-electron chi connectivity index (χ3n) is 2.62. The normalized spacial score (nSPS) is 14.7. The molecule has 1 aromatic rings. The highest BCUT2D eigenvalue weighted by Gasteiger charge is 2.24. The molecular weight excluding hydrogens is 236 g/mol. The number of benzene rings is 1. The minimum absolute atomic E-state index is 0.00796. The highest BCUT2D eigenvalue weighted by atomic mass is 16.5. The van der Waals surface area contributed by atoms with Crippen molar-refractivity contribution in [2.24, 2.45) is 5.92 Å². The van der Waals surface area contributed by atoms with Gasteiger partial charge in [0.05, 0.1) is 5.92 Å². The van der Waals surface area contributed by atoms with E-state index in [1.165, 1.54) is 0 Å². The number of rotatable bonds is 5. The molecule has 0 spiro atoms. The Balaban J connectivity index is 1.93. The number of anilines is 1. The second kappa shape index (κ2) is 5.50. The van der Waals surface area contributed by atoms with Gasteiger partial charge in [0.15, 0.2) is 6.61 Å². The molecule has 1 amide bonds. The predicted octanol–water partition coefficient (Wildman–Crippen LogP) is 0.308. The molecule has 96 valence electrons. The van der Waals surface area contributed by atoms with Crippen molar-refractivity contribution in [3.8, 4) is 5.75 Å². The molecule has 0 radical (unpaired) electrons. The molecule has 0 atom stereocenters. The van der Waals surface area contributed by atoms with E-state index in [4.69, 9.17) is 9.84 Å². The van der Waals surface area contributed by atoms with Gasteiger partial charge in [-0.05, 0) is 12.1 Å². The summed E-state index contributed by atoms with van der Waals surface area (Å²) in [5, 5.41) is 14.3. The minimum atomic E-state index is -1.04. The van der Waals surface area contributed by atoms with Crippen molar-refractivity contribution in [2.75, 3.05) is 25.0 Å². The maximum atomic E-state index is 11.7. The fraction of sp³-hybridized carbons (Fsp3) is 0.333. The third kappa shape index (κ3) is 3.21. The molecule has 1 aliphatic rings. The summed E-state index contributed by atoms with van der Waals surface area (Å²) in [5.41, 5.74) is 0.606. The van der Waals surface area contributed by atoms with E-state index >= 15 is 0 Å². The summed E-state index contributed by atoms with van der Waals surface area (Å²) >= 11 is 0. The molecule has 2 rings (SSSR count). The Bertz CT molecular complexity index is 457. The Kier molecular flexibility index (Phi) is 3.78. The minimum Gasteiger partial charge on any atom is -0.482 e. The molecule has 0 aromatic heterocycles. The summed E-state index contributed by atoms with van der Waals surface area (Å²) in [5.74, 6) is -0.648. The fourth-order valence-electron chi connectivity index (χ4n) is 1.53. The second-order valence-electron chi connectivity index (χ2n) is 4.05. The average molecular weight is 250 g/mol. The van der Waals surface area contributed by atoms with Crippen molar-refractivity contribution in [3.05, 3.63) is 24.3 Å². The van der Waals surface area contributed by atoms with Gasteiger partial charge in [-0.1, -0.05) is 6.07 Å². The van der Waals surface area contributed by atoms with Crippen LogP contribution in [-0.2, 0) is 9.59 Å². The molecule has 18 heavy (non-hydrogen) atoms. The van der Waals surface area contributed by atoms with Gasteiger partial charge in [-0.15, -0.1) is 0 Å². The van der Waals surface area contributed by atoms with Crippen LogP contribution in [0.5, 0.6) is 5.75 Å². The number of carbonyl (C=O) groups is 2. The first kappa shape index (κ1) is 12.4. The van der Waals surface area contributed by atoms with E-state index in [9.17, 15) is 9.59 Å². The zero-order valence-electron chi connectivity index (χ0n) is 9.68. The fourth-order valence-corrected chi connectivity index (χ4v) is 1.53. The molecule has 0 bridgehead atoms. The lowest BCUT2D eigenvalue weighted by Gasteiger charge is -2.25. The maximum Gasteiger partial charge on any atom is 0.341 e. The van der Waals surface area contributed by atoms with Gasteiger partial charge < -0.3 is 20.5 Å². The van der Waals surface area contributed by atoms with E-state index < -0.39 is 12.6 Å². The molecule has 1 aromatic carbocycles. The number of aliphatic carboxylic acids is 1. The number of hydrogen-bond acceptors (Lipinski definition) is 4. The van der Waals surface area contributed by atoms with Gasteiger partial charge in [0.25, 0.3) is 0 Å². The Morgan fingerprint density at radius 1 is 1.44 bits per heavy atom. The molecule has 6 nitrogen and oxygen atoms in total. The van der Waals surface area contributed by atoms with Crippen LogP contribution in [0.1, 0.15) is 0 Å². The van der Waals surface area contributed by atoms with Crippen LogP contribution in [0.15, 0.2) is 24.3 Å². The van der Waals surface area contributed by atoms with Gasteiger partial charge in [-0.25, -0.2) is 4.79 Å². The molecule has 0 saturated carbocycles. The van der Waals surface area contributed by atoms with E-state index in [-0.39, 0.29) is 11.8 Å². The molecule has 1 saturated heterocycles. The number of ether oxygens (including phenoxy) is 1. The molecule has 3 N–H and O–H groups in total. The van der Waals surface area contributed by atoms with E-state index in [2.05, 4.69) is 10.6 Å². The van der Waals surface area contributed by atoms with Crippen LogP contribution in [0.3, 0.4) is 0 Å². The summed E-state index contributed by atoms with van der Waals surface area (Å²) in [7, 11) is 0. The number of hydrogen-bond donors (Lipinski definition) is 3. The predicted molar refractivity (Wildman–Crippen MR) is 64.6 cm³/mol. The number of amides is 1. The molecule has 1 aliphatic heterocycles. The molecule has 0 aliphatic carbocycles. The smallest absolute Gasteiger partial charge is 0.341 e. The van der Waals surface area contributed by atoms with Gasteiger partial charge >= 0.3 is 5.97 Å². The van der Waals surface area contributed by atoms with Crippen LogP contribution < -0.4 is 15.4 Å². The average Bonchev–Trinajstić information content (AvgIpc) is 2.24. The Hall–Kier alpha value is -2.08. The van der Waals surface area contributed by atoms with Crippen molar-refractivity contribution >= 4 is 17.6 Å². The Morgan fingerprint density at radius 2 is 2.22 bits per heavy atom. The van der Waals surface area contributed by atoms with Gasteiger partial charge in [-0.2, -0.15) is 0 Å². The largest absolute Gasteiger partial charge is 0.482 e. The topological polar surface area (TPSA) is 87.7 Å². The summed E-state index contributed by atoms with van der Waals surface area (Å²) in [6.07, 6.45) is 0. The maximum absolute atomic E-state index is 11.7. The van der Waals surface area contributed by atoms with Crippen LogP contribution in [0, 0.1) is 5.92 Å². The van der Waals surface area contributed by atoms with Crippen LogP contribution in [0.2, 0.25) is 0 Å². The van der Waals surface area contributed by atoms with Crippen molar-refractivity contribution in [1.29, 1.82) is 0 Å². The number of carboxylic acids is 1. The van der Waals surface area contributed by atoms with Crippen molar-refractivity contribution < 1.29 is 19.4 Å². The van der Waals surface area contributed by atoms with Crippen LogP contribution >= 0.6 is 0 Å². The van der Waals surface area contributed by atoms with Crippen molar-refractivity contribution in [2.45, 2.75) is 0 Å². The van der Waals surface area contributed by atoms with E-state index in [0.29, 0.717) is 24.5 Å². The van der Waals surface area contributed by atoms with Crippen LogP contribution in [0.25, 0.3) is 0 Å². The molecule has 1 heterocycles. The second-order valence-corrected chi connectivity index (χ2v) is 4.05. The summed E-state index contributed by atoms with van der Waals surface area (Å²) in [4.78, 5) is 22.1. The summed E-state index contributed by atoms with van der Waals surface area (Å²) in [6.45, 7) is 0.992. The molecule has 6 heteroatoms. The van der Waals surface area contributed by atoms with Gasteiger partial charge in [0.1, 0.15) is 5.75 Å². The van der Waals surface area contributed by atoms with Crippen molar-refractivity contribution in [1.82, 2.24) is 5.32 Å². The highest BCUT2D eigenvalue weighted by Crippen LogP contribution is 2.18. The lowest BCUT2D eigenvalue weighted by atomic mass is 10.0. The van der Waals surface area contributed by atoms with Gasteiger partial charge in [-0.3, -0.25) is 4.79 Å². The van der Waals surface area contributed by atoms with E-state index in [1.54, 1.807) is 24.3 Å². The van der Waals surface area contributed by atoms with Crippen LogP contribution in [-0.4, -0.2) is 36.7 Å². The van der Waals surface area contributed by atoms with Gasteiger partial charge in [0.2, 0.25) is 5.91 Å². The van der Waals surface area contributed by atoms with E-state index in [1.807, 2.05) is 0 Å². The lowest BCUT2D eigenvalue weighted by molar-refractivity contribution is -0.139. The zero-order chi connectivity index (χ0) is 13.0. The summed E-state index contributed by atoms with van der Waals surface area (Å²) < 4.78 is 5.03. The quantitative estimate of drug-likeness (QED) is 0.700.